The average Bonchev–Trinajstić information content (AvgIpc) is 2.26. The van der Waals surface area contributed by atoms with Gasteiger partial charge in [0.1, 0.15) is 0 Å². The van der Waals surface area contributed by atoms with E-state index in [9.17, 15) is 23.1 Å². The number of benzene rings is 1. The third kappa shape index (κ3) is 3.10. The fourth-order valence-electron chi connectivity index (χ4n) is 1.18. The number of rotatable bonds is 2. The third-order valence-electron chi connectivity index (χ3n) is 2.04. The van der Waals surface area contributed by atoms with Crippen LogP contribution < -0.4 is 0 Å². The van der Waals surface area contributed by atoms with Gasteiger partial charge < -0.3 is 9.84 Å². The van der Waals surface area contributed by atoms with E-state index in [0.717, 1.165) is 19.2 Å². The zero-order valence-corrected chi connectivity index (χ0v) is 9.34. The molecule has 0 aromatic heterocycles. The number of ether oxygens (including phenoxy) is 1. The van der Waals surface area contributed by atoms with Crippen molar-refractivity contribution in [1.82, 2.24) is 0 Å². The van der Waals surface area contributed by atoms with Crippen LogP contribution in [0.15, 0.2) is 18.2 Å². The Kier molecular flexibility index (Phi) is 4.00. The Hall–Kier alpha value is -1.27. The summed E-state index contributed by atoms with van der Waals surface area (Å²) in [6.07, 6.45) is -6.42. The van der Waals surface area contributed by atoms with Crippen molar-refractivity contribution in [3.63, 3.8) is 0 Å². The van der Waals surface area contributed by atoms with Crippen LogP contribution in [0.2, 0.25) is 5.02 Å². The summed E-state index contributed by atoms with van der Waals surface area (Å²) >= 11 is 5.38. The van der Waals surface area contributed by atoms with Crippen molar-refractivity contribution in [2.24, 2.45) is 0 Å². The first-order chi connectivity index (χ1) is 7.77. The molecule has 1 unspecified atom stereocenters. The van der Waals surface area contributed by atoms with Crippen LogP contribution in [-0.2, 0) is 15.7 Å². The average molecular weight is 269 g/mol. The molecule has 0 aliphatic heterocycles. The zero-order chi connectivity index (χ0) is 13.2. The number of aliphatic hydroxyl groups is 1. The summed E-state index contributed by atoms with van der Waals surface area (Å²) in [5.74, 6) is -1.04. The minimum absolute atomic E-state index is 0.228. The third-order valence-corrected chi connectivity index (χ3v) is 2.37. The van der Waals surface area contributed by atoms with E-state index in [0.29, 0.717) is 6.07 Å². The molecular formula is C10H8ClF3O3. The van der Waals surface area contributed by atoms with Crippen LogP contribution in [0.3, 0.4) is 0 Å². The molecule has 1 rings (SSSR count). The fraction of sp³-hybridized carbons (Fsp3) is 0.300. The first-order valence-electron chi connectivity index (χ1n) is 4.40. The summed E-state index contributed by atoms with van der Waals surface area (Å²) in [6, 6.07) is 2.70. The predicted molar refractivity (Wildman–Crippen MR) is 53.4 cm³/mol. The van der Waals surface area contributed by atoms with E-state index in [1.165, 1.54) is 0 Å². The second-order valence-corrected chi connectivity index (χ2v) is 3.57. The molecule has 0 radical (unpaired) electrons. The van der Waals surface area contributed by atoms with Gasteiger partial charge in [0.25, 0.3) is 0 Å². The lowest BCUT2D eigenvalue weighted by molar-refractivity contribution is -0.151. The van der Waals surface area contributed by atoms with Crippen LogP contribution in [-0.4, -0.2) is 18.2 Å². The van der Waals surface area contributed by atoms with Gasteiger partial charge in [-0.05, 0) is 17.7 Å². The number of halogens is 4. The van der Waals surface area contributed by atoms with E-state index in [4.69, 9.17) is 11.6 Å². The molecule has 0 aliphatic carbocycles. The number of carbonyl (C=O) groups excluding carboxylic acids is 1. The molecule has 1 N–H and O–H groups in total. The number of carbonyl (C=O) groups is 1. The SMILES string of the molecule is COC(=O)C(O)c1ccc(Cl)c(C(F)(F)F)c1. The summed E-state index contributed by atoms with van der Waals surface area (Å²) in [4.78, 5) is 11.0. The molecule has 94 valence electrons. The van der Waals surface area contributed by atoms with E-state index < -0.39 is 28.8 Å². The van der Waals surface area contributed by atoms with E-state index >= 15 is 0 Å². The molecule has 7 heteroatoms. The molecule has 0 aliphatic rings. The number of esters is 1. The maximum absolute atomic E-state index is 12.5. The van der Waals surface area contributed by atoms with E-state index in [1.807, 2.05) is 0 Å². The maximum atomic E-state index is 12.5. The van der Waals surface area contributed by atoms with Gasteiger partial charge in [-0.25, -0.2) is 4.79 Å². The van der Waals surface area contributed by atoms with Gasteiger partial charge in [-0.1, -0.05) is 17.7 Å². The van der Waals surface area contributed by atoms with Gasteiger partial charge in [-0.15, -0.1) is 0 Å². The Morgan fingerprint density at radius 1 is 1.47 bits per heavy atom. The zero-order valence-electron chi connectivity index (χ0n) is 8.58. The smallest absolute Gasteiger partial charge is 0.417 e. The van der Waals surface area contributed by atoms with E-state index in [-0.39, 0.29) is 5.56 Å². The highest BCUT2D eigenvalue weighted by atomic mass is 35.5. The van der Waals surface area contributed by atoms with Gasteiger partial charge in [0.15, 0.2) is 6.10 Å². The first-order valence-corrected chi connectivity index (χ1v) is 4.77. The van der Waals surface area contributed by atoms with Crippen molar-refractivity contribution in [2.45, 2.75) is 12.3 Å². The highest BCUT2D eigenvalue weighted by Crippen LogP contribution is 2.36. The monoisotopic (exact) mass is 268 g/mol. The van der Waals surface area contributed by atoms with Crippen LogP contribution in [0, 0.1) is 0 Å². The summed E-state index contributed by atoms with van der Waals surface area (Å²) in [6.45, 7) is 0. The number of hydrogen-bond acceptors (Lipinski definition) is 3. The minimum Gasteiger partial charge on any atom is -0.467 e. The van der Waals surface area contributed by atoms with Gasteiger partial charge in [-0.3, -0.25) is 0 Å². The molecule has 0 bridgehead atoms. The van der Waals surface area contributed by atoms with Crippen molar-refractivity contribution < 1.29 is 27.8 Å². The second-order valence-electron chi connectivity index (χ2n) is 3.16. The van der Waals surface area contributed by atoms with Gasteiger partial charge in [0, 0.05) is 0 Å². The minimum atomic E-state index is -4.65. The van der Waals surface area contributed by atoms with Gasteiger partial charge in [-0.2, -0.15) is 13.2 Å². The summed E-state index contributed by atoms with van der Waals surface area (Å²) in [5, 5.41) is 8.88. The molecule has 0 heterocycles. The standard InChI is InChI=1S/C10H8ClF3O3/c1-17-9(16)8(15)5-2-3-7(11)6(4-5)10(12,13)14/h2-4,8,15H,1H3. The second kappa shape index (κ2) is 4.93. The normalized spacial score (nSPS) is 13.3. The molecule has 3 nitrogen and oxygen atoms in total. The topological polar surface area (TPSA) is 46.5 Å². The molecule has 17 heavy (non-hydrogen) atoms. The molecule has 1 aromatic carbocycles. The lowest BCUT2D eigenvalue weighted by atomic mass is 10.1. The quantitative estimate of drug-likeness (QED) is 0.839. The van der Waals surface area contributed by atoms with Crippen LogP contribution in [0.25, 0.3) is 0 Å². The number of aliphatic hydroxyl groups excluding tert-OH is 1. The Bertz CT molecular complexity index is 431. The Labute approximate surface area is 99.8 Å². The molecule has 0 amide bonds. The number of hydrogen-bond donors (Lipinski definition) is 1. The van der Waals surface area contributed by atoms with Crippen molar-refractivity contribution in [2.75, 3.05) is 7.11 Å². The van der Waals surface area contributed by atoms with E-state index in [2.05, 4.69) is 4.74 Å². The Morgan fingerprint density at radius 2 is 2.06 bits per heavy atom. The summed E-state index contributed by atoms with van der Waals surface area (Å²) in [7, 11) is 1.02. The van der Waals surface area contributed by atoms with Crippen LogP contribution >= 0.6 is 11.6 Å². The molecule has 1 aromatic rings. The van der Waals surface area contributed by atoms with Crippen molar-refractivity contribution >= 4 is 17.6 Å². The number of methoxy groups -OCH3 is 1. The predicted octanol–water partition coefficient (Wildman–Crippen LogP) is 2.57. The lowest BCUT2D eigenvalue weighted by Crippen LogP contribution is -2.15. The summed E-state index contributed by atoms with van der Waals surface area (Å²) < 4.78 is 41.7. The van der Waals surface area contributed by atoms with Crippen molar-refractivity contribution in [3.8, 4) is 0 Å². The fourth-order valence-corrected chi connectivity index (χ4v) is 1.40. The Morgan fingerprint density at radius 3 is 2.53 bits per heavy atom. The van der Waals surface area contributed by atoms with Crippen molar-refractivity contribution in [3.05, 3.63) is 34.3 Å². The largest absolute Gasteiger partial charge is 0.467 e. The van der Waals surface area contributed by atoms with Gasteiger partial charge in [0.05, 0.1) is 17.7 Å². The lowest BCUT2D eigenvalue weighted by Gasteiger charge is -2.13. The molecule has 0 saturated heterocycles. The van der Waals surface area contributed by atoms with E-state index in [1.54, 1.807) is 0 Å². The van der Waals surface area contributed by atoms with Gasteiger partial charge in [0.2, 0.25) is 0 Å². The first kappa shape index (κ1) is 13.8. The Balaban J connectivity index is 3.17. The highest BCUT2D eigenvalue weighted by Gasteiger charge is 2.34. The molecule has 0 spiro atoms. The molecule has 1 atom stereocenters. The molecular weight excluding hydrogens is 261 g/mol. The maximum Gasteiger partial charge on any atom is 0.417 e. The highest BCUT2D eigenvalue weighted by molar-refractivity contribution is 6.31. The summed E-state index contributed by atoms with van der Waals surface area (Å²) in [5.41, 5.74) is -1.34. The van der Waals surface area contributed by atoms with Crippen LogP contribution in [0.4, 0.5) is 13.2 Å². The number of alkyl halides is 3. The molecule has 0 saturated carbocycles. The van der Waals surface area contributed by atoms with Crippen LogP contribution in [0.5, 0.6) is 0 Å². The van der Waals surface area contributed by atoms with Crippen molar-refractivity contribution in [1.29, 1.82) is 0 Å². The van der Waals surface area contributed by atoms with Gasteiger partial charge >= 0.3 is 12.1 Å². The molecule has 0 fully saturated rings. The van der Waals surface area contributed by atoms with Crippen LogP contribution in [0.1, 0.15) is 17.2 Å².